The van der Waals surface area contributed by atoms with Crippen molar-refractivity contribution in [2.45, 2.75) is 38.0 Å². The number of hydrogen-bond donors (Lipinski definition) is 3. The van der Waals surface area contributed by atoms with Crippen molar-refractivity contribution >= 4 is 17.7 Å². The Bertz CT molecular complexity index is 758. The molecule has 1 fully saturated rings. The van der Waals surface area contributed by atoms with Crippen molar-refractivity contribution in [2.75, 3.05) is 5.32 Å². The number of anilines is 1. The first-order valence-electron chi connectivity index (χ1n) is 8.70. The first kappa shape index (κ1) is 17.8. The van der Waals surface area contributed by atoms with Crippen LogP contribution in [0.15, 0.2) is 54.6 Å². The van der Waals surface area contributed by atoms with Gasteiger partial charge in [0.15, 0.2) is 0 Å². The molecule has 0 spiro atoms. The lowest BCUT2D eigenvalue weighted by molar-refractivity contribution is -0.117. The van der Waals surface area contributed by atoms with Gasteiger partial charge in [0.05, 0.1) is 6.42 Å². The highest BCUT2D eigenvalue weighted by Gasteiger charge is 2.31. The Kier molecular flexibility index (Phi) is 5.73. The summed E-state index contributed by atoms with van der Waals surface area (Å²) in [5.74, 6) is -0.353. The maximum Gasteiger partial charge on any atom is 0.407 e. The van der Waals surface area contributed by atoms with Gasteiger partial charge in [0.25, 0.3) is 0 Å². The summed E-state index contributed by atoms with van der Waals surface area (Å²) in [6.45, 7) is 0.265. The van der Waals surface area contributed by atoms with Crippen molar-refractivity contribution in [1.82, 2.24) is 5.32 Å². The van der Waals surface area contributed by atoms with E-state index >= 15 is 0 Å². The van der Waals surface area contributed by atoms with Crippen molar-refractivity contribution < 1.29 is 14.3 Å². The summed E-state index contributed by atoms with van der Waals surface area (Å²) in [7, 11) is 0. The molecule has 136 valence electrons. The standard InChI is InChI=1S/C20H23N3O3/c21-19(24)10-15-8-4-5-9-18(15)22-16-11-17(12-16)23-20(25)26-13-14-6-2-1-3-7-14/h1-9,16-17,22H,10-13H2,(H2,21,24)(H,23,25). The number of ether oxygens (including phenoxy) is 1. The molecular weight excluding hydrogens is 330 g/mol. The molecule has 6 nitrogen and oxygen atoms in total. The number of nitrogens with two attached hydrogens (primary N) is 1. The molecule has 1 saturated carbocycles. The normalized spacial score (nSPS) is 18.5. The minimum atomic E-state index is -0.397. The number of rotatable bonds is 7. The molecule has 2 aromatic carbocycles. The Labute approximate surface area is 152 Å². The summed E-state index contributed by atoms with van der Waals surface area (Å²) >= 11 is 0. The first-order chi connectivity index (χ1) is 12.6. The number of carbonyl (C=O) groups is 2. The molecule has 0 bridgehead atoms. The molecule has 2 amide bonds. The van der Waals surface area contributed by atoms with E-state index in [1.54, 1.807) is 0 Å². The number of primary amides is 1. The van der Waals surface area contributed by atoms with Gasteiger partial charge in [0.2, 0.25) is 5.91 Å². The van der Waals surface area contributed by atoms with Gasteiger partial charge in [-0.2, -0.15) is 0 Å². The molecule has 6 heteroatoms. The van der Waals surface area contributed by atoms with Gasteiger partial charge in [-0.1, -0.05) is 48.5 Å². The van der Waals surface area contributed by atoms with Gasteiger partial charge in [0.1, 0.15) is 6.61 Å². The number of para-hydroxylation sites is 1. The van der Waals surface area contributed by atoms with Gasteiger partial charge in [-0.25, -0.2) is 4.79 Å². The largest absolute Gasteiger partial charge is 0.445 e. The van der Waals surface area contributed by atoms with Crippen molar-refractivity contribution in [2.24, 2.45) is 5.73 Å². The van der Waals surface area contributed by atoms with Crippen LogP contribution in [0.4, 0.5) is 10.5 Å². The van der Waals surface area contributed by atoms with E-state index in [-0.39, 0.29) is 31.0 Å². The molecule has 26 heavy (non-hydrogen) atoms. The van der Waals surface area contributed by atoms with Crippen molar-refractivity contribution in [1.29, 1.82) is 0 Å². The van der Waals surface area contributed by atoms with E-state index in [1.807, 2.05) is 54.6 Å². The lowest BCUT2D eigenvalue weighted by atomic mass is 9.86. The Balaban J connectivity index is 1.41. The van der Waals surface area contributed by atoms with Crippen LogP contribution in [0.3, 0.4) is 0 Å². The molecule has 0 aromatic heterocycles. The molecule has 2 aromatic rings. The van der Waals surface area contributed by atoms with Gasteiger partial charge in [-0.15, -0.1) is 0 Å². The lowest BCUT2D eigenvalue weighted by Crippen LogP contribution is -2.49. The second-order valence-electron chi connectivity index (χ2n) is 6.52. The molecule has 4 N–H and O–H groups in total. The molecule has 1 aliphatic carbocycles. The Morgan fingerprint density at radius 1 is 1.00 bits per heavy atom. The highest BCUT2D eigenvalue weighted by molar-refractivity contribution is 5.78. The molecule has 0 radical (unpaired) electrons. The molecule has 0 aliphatic heterocycles. The average molecular weight is 353 g/mol. The van der Waals surface area contributed by atoms with Crippen LogP contribution in [0.5, 0.6) is 0 Å². The van der Waals surface area contributed by atoms with Crippen molar-refractivity contribution in [3.05, 3.63) is 65.7 Å². The van der Waals surface area contributed by atoms with Gasteiger partial charge in [-0.3, -0.25) is 4.79 Å². The SMILES string of the molecule is NC(=O)Cc1ccccc1NC1CC(NC(=O)OCc2ccccc2)C1. The second kappa shape index (κ2) is 8.38. The fraction of sp³-hybridized carbons (Fsp3) is 0.300. The van der Waals surface area contributed by atoms with Gasteiger partial charge < -0.3 is 21.1 Å². The van der Waals surface area contributed by atoms with Crippen molar-refractivity contribution in [3.8, 4) is 0 Å². The molecular formula is C20H23N3O3. The number of nitrogens with one attached hydrogen (secondary N) is 2. The summed E-state index contributed by atoms with van der Waals surface area (Å²) in [6, 6.07) is 17.6. The smallest absolute Gasteiger partial charge is 0.407 e. The minimum Gasteiger partial charge on any atom is -0.445 e. The number of benzene rings is 2. The Morgan fingerprint density at radius 2 is 1.69 bits per heavy atom. The van der Waals surface area contributed by atoms with E-state index in [9.17, 15) is 9.59 Å². The predicted molar refractivity (Wildman–Crippen MR) is 99.5 cm³/mol. The molecule has 0 atom stereocenters. The summed E-state index contributed by atoms with van der Waals surface area (Å²) in [5, 5.41) is 6.29. The van der Waals surface area contributed by atoms with E-state index in [2.05, 4.69) is 10.6 Å². The van der Waals surface area contributed by atoms with E-state index in [0.29, 0.717) is 0 Å². The topological polar surface area (TPSA) is 93.5 Å². The van der Waals surface area contributed by atoms with Crippen LogP contribution in [-0.2, 0) is 22.6 Å². The van der Waals surface area contributed by atoms with Crippen LogP contribution in [-0.4, -0.2) is 24.1 Å². The number of alkyl carbamates (subject to hydrolysis) is 1. The number of hydrogen-bond acceptors (Lipinski definition) is 4. The van der Waals surface area contributed by atoms with E-state index in [0.717, 1.165) is 29.7 Å². The fourth-order valence-electron chi connectivity index (χ4n) is 3.01. The van der Waals surface area contributed by atoms with E-state index < -0.39 is 6.09 Å². The second-order valence-corrected chi connectivity index (χ2v) is 6.52. The molecule has 0 saturated heterocycles. The summed E-state index contributed by atoms with van der Waals surface area (Å²) < 4.78 is 5.23. The average Bonchev–Trinajstić information content (AvgIpc) is 2.60. The predicted octanol–water partition coefficient (Wildman–Crippen LogP) is 2.58. The quantitative estimate of drug-likeness (QED) is 0.713. The maximum absolute atomic E-state index is 11.9. The van der Waals surface area contributed by atoms with Gasteiger partial charge in [-0.05, 0) is 30.0 Å². The van der Waals surface area contributed by atoms with Crippen LogP contribution in [0.25, 0.3) is 0 Å². The zero-order chi connectivity index (χ0) is 18.4. The van der Waals surface area contributed by atoms with Gasteiger partial charge in [0, 0.05) is 17.8 Å². The zero-order valence-electron chi connectivity index (χ0n) is 14.5. The fourth-order valence-corrected chi connectivity index (χ4v) is 3.01. The first-order valence-corrected chi connectivity index (χ1v) is 8.70. The monoisotopic (exact) mass is 353 g/mol. The Morgan fingerprint density at radius 3 is 2.42 bits per heavy atom. The summed E-state index contributed by atoms with van der Waals surface area (Å²) in [6.07, 6.45) is 1.44. The zero-order valence-corrected chi connectivity index (χ0v) is 14.5. The van der Waals surface area contributed by atoms with Crippen LogP contribution in [0.1, 0.15) is 24.0 Å². The third-order valence-corrected chi connectivity index (χ3v) is 4.41. The summed E-state index contributed by atoms with van der Waals surface area (Å²) in [5.41, 5.74) is 8.06. The highest BCUT2D eigenvalue weighted by atomic mass is 16.5. The third kappa shape index (κ3) is 4.99. The minimum absolute atomic E-state index is 0.0964. The van der Waals surface area contributed by atoms with Crippen LogP contribution >= 0.6 is 0 Å². The number of amides is 2. The van der Waals surface area contributed by atoms with Crippen molar-refractivity contribution in [3.63, 3.8) is 0 Å². The van der Waals surface area contributed by atoms with Crippen LogP contribution in [0.2, 0.25) is 0 Å². The van der Waals surface area contributed by atoms with E-state index in [4.69, 9.17) is 10.5 Å². The molecule has 1 aliphatic rings. The highest BCUT2D eigenvalue weighted by Crippen LogP contribution is 2.26. The molecule has 0 unspecified atom stereocenters. The maximum atomic E-state index is 11.9. The summed E-state index contributed by atoms with van der Waals surface area (Å²) in [4.78, 5) is 23.0. The number of carbonyl (C=O) groups excluding carboxylic acids is 2. The Hall–Kier alpha value is -3.02. The van der Waals surface area contributed by atoms with Gasteiger partial charge >= 0.3 is 6.09 Å². The lowest BCUT2D eigenvalue weighted by Gasteiger charge is -2.37. The molecule has 3 rings (SSSR count). The van der Waals surface area contributed by atoms with Crippen LogP contribution in [0, 0.1) is 0 Å². The molecule has 0 heterocycles. The van der Waals surface area contributed by atoms with E-state index in [1.165, 1.54) is 0 Å². The van der Waals surface area contributed by atoms with Crippen LogP contribution < -0.4 is 16.4 Å². The third-order valence-electron chi connectivity index (χ3n) is 4.41.